The summed E-state index contributed by atoms with van der Waals surface area (Å²) in [6, 6.07) is 14.5. The Bertz CT molecular complexity index is 811. The fourth-order valence-corrected chi connectivity index (χ4v) is 3.06. The molecule has 1 heterocycles. The van der Waals surface area contributed by atoms with E-state index in [1.807, 2.05) is 25.2 Å². The van der Waals surface area contributed by atoms with E-state index in [2.05, 4.69) is 59.4 Å². The van der Waals surface area contributed by atoms with Crippen LogP contribution in [0.1, 0.15) is 11.1 Å². The molecule has 3 aromatic rings. The molecule has 0 atom stereocenters. The molecular weight excluding hydrogens is 324 g/mol. The van der Waals surface area contributed by atoms with Gasteiger partial charge in [-0.1, -0.05) is 46.3 Å². The first-order valence-corrected chi connectivity index (χ1v) is 7.75. The summed E-state index contributed by atoms with van der Waals surface area (Å²) in [5.41, 5.74) is 6.72. The summed E-state index contributed by atoms with van der Waals surface area (Å²) in [7, 11) is 1.97. The second-order valence-electron chi connectivity index (χ2n) is 5.14. The molecule has 3 rings (SSSR count). The minimum absolute atomic E-state index is 1.04. The van der Waals surface area contributed by atoms with Crippen molar-refractivity contribution in [3.8, 4) is 11.3 Å². The van der Waals surface area contributed by atoms with Crippen molar-refractivity contribution < 1.29 is 0 Å². The Hall–Kier alpha value is -1.87. The molecule has 0 aliphatic rings. The number of aromatic nitrogens is 1. The van der Waals surface area contributed by atoms with Crippen LogP contribution in [0.5, 0.6) is 0 Å². The average Bonchev–Trinajstić information content (AvgIpc) is 2.51. The van der Waals surface area contributed by atoms with Gasteiger partial charge in [-0.15, -0.1) is 0 Å². The Kier molecular flexibility index (Phi) is 3.68. The third-order valence-corrected chi connectivity index (χ3v) is 4.74. The molecule has 106 valence electrons. The lowest BCUT2D eigenvalue weighted by Crippen LogP contribution is -2.00. The predicted molar refractivity (Wildman–Crippen MR) is 93.9 cm³/mol. The highest BCUT2D eigenvalue weighted by atomic mass is 79.9. The number of halogens is 1. The maximum absolute atomic E-state index is 4.94. The molecule has 0 saturated heterocycles. The monoisotopic (exact) mass is 340 g/mol. The van der Waals surface area contributed by atoms with Crippen LogP contribution in [0, 0.1) is 13.8 Å². The van der Waals surface area contributed by atoms with Gasteiger partial charge in [0.2, 0.25) is 0 Å². The molecule has 0 aliphatic carbocycles. The molecule has 2 nitrogen and oxygen atoms in total. The van der Waals surface area contributed by atoms with Gasteiger partial charge in [0.25, 0.3) is 0 Å². The number of rotatable bonds is 2. The van der Waals surface area contributed by atoms with Gasteiger partial charge in [-0.25, -0.2) is 4.98 Å². The minimum atomic E-state index is 1.04. The van der Waals surface area contributed by atoms with E-state index in [1.165, 1.54) is 11.1 Å². The highest BCUT2D eigenvalue weighted by Crippen LogP contribution is 2.36. The Balaban J connectivity index is 2.42. The Morgan fingerprint density at radius 3 is 2.33 bits per heavy atom. The highest BCUT2D eigenvalue weighted by molar-refractivity contribution is 9.10. The second-order valence-corrected chi connectivity index (χ2v) is 6.00. The first kappa shape index (κ1) is 14.1. The number of nitrogens with one attached hydrogen (secondary N) is 1. The summed E-state index contributed by atoms with van der Waals surface area (Å²) >= 11 is 3.60. The molecule has 21 heavy (non-hydrogen) atoms. The lowest BCUT2D eigenvalue weighted by Gasteiger charge is -2.16. The lowest BCUT2D eigenvalue weighted by molar-refractivity contribution is 1.29. The van der Waals surface area contributed by atoms with Gasteiger partial charge in [0, 0.05) is 28.2 Å². The molecule has 0 aliphatic heterocycles. The molecule has 0 amide bonds. The van der Waals surface area contributed by atoms with Crippen molar-refractivity contribution in [3.63, 3.8) is 0 Å². The Morgan fingerprint density at radius 1 is 0.952 bits per heavy atom. The third kappa shape index (κ3) is 2.32. The minimum Gasteiger partial charge on any atom is -0.387 e. The van der Waals surface area contributed by atoms with E-state index in [-0.39, 0.29) is 0 Å². The van der Waals surface area contributed by atoms with E-state index >= 15 is 0 Å². The van der Waals surface area contributed by atoms with Crippen molar-refractivity contribution in [1.82, 2.24) is 4.98 Å². The summed E-state index contributed by atoms with van der Waals surface area (Å²) in [5.74, 6) is 0. The van der Waals surface area contributed by atoms with Gasteiger partial charge in [-0.3, -0.25) is 0 Å². The predicted octanol–water partition coefficient (Wildman–Crippen LogP) is 5.32. The Morgan fingerprint density at radius 2 is 1.67 bits per heavy atom. The zero-order valence-electron chi connectivity index (χ0n) is 12.4. The van der Waals surface area contributed by atoms with E-state index in [4.69, 9.17) is 4.98 Å². The fourth-order valence-electron chi connectivity index (χ4n) is 2.74. The second kappa shape index (κ2) is 5.49. The van der Waals surface area contributed by atoms with Crippen molar-refractivity contribution in [2.75, 3.05) is 12.4 Å². The normalized spacial score (nSPS) is 10.9. The highest BCUT2D eigenvalue weighted by Gasteiger charge is 2.14. The quantitative estimate of drug-likeness (QED) is 0.682. The number of anilines is 1. The maximum Gasteiger partial charge on any atom is 0.0770 e. The standard InChI is InChI=1S/C18H17BrN2/c1-11-15(19)10-9-14-17(20-3)12(2)16(21-18(11)14)13-7-5-4-6-8-13/h4-10H,1-3H3,(H,20,21). The van der Waals surface area contributed by atoms with Crippen molar-refractivity contribution in [1.29, 1.82) is 0 Å². The summed E-state index contributed by atoms with van der Waals surface area (Å²) in [4.78, 5) is 4.94. The van der Waals surface area contributed by atoms with Gasteiger partial charge < -0.3 is 5.32 Å². The first-order valence-electron chi connectivity index (χ1n) is 6.96. The van der Waals surface area contributed by atoms with Crippen molar-refractivity contribution in [2.45, 2.75) is 13.8 Å². The smallest absolute Gasteiger partial charge is 0.0770 e. The number of hydrogen-bond acceptors (Lipinski definition) is 2. The van der Waals surface area contributed by atoms with E-state index in [1.54, 1.807) is 0 Å². The van der Waals surface area contributed by atoms with Crippen molar-refractivity contribution in [3.05, 3.63) is 58.1 Å². The number of pyridine rings is 1. The van der Waals surface area contributed by atoms with Crippen LogP contribution in [0.3, 0.4) is 0 Å². The van der Waals surface area contributed by atoms with Crippen molar-refractivity contribution in [2.24, 2.45) is 0 Å². The van der Waals surface area contributed by atoms with E-state index in [9.17, 15) is 0 Å². The largest absolute Gasteiger partial charge is 0.387 e. The molecular formula is C18H17BrN2. The summed E-state index contributed by atoms with van der Waals surface area (Å²) in [5, 5.41) is 4.50. The lowest BCUT2D eigenvalue weighted by atomic mass is 10.0. The molecule has 0 bridgehead atoms. The van der Waals surface area contributed by atoms with Crippen LogP contribution in [0.25, 0.3) is 22.2 Å². The molecule has 0 fully saturated rings. The van der Waals surface area contributed by atoms with Crippen LogP contribution in [-0.2, 0) is 0 Å². The van der Waals surface area contributed by atoms with Crippen LogP contribution in [0.4, 0.5) is 5.69 Å². The summed E-state index contributed by atoms with van der Waals surface area (Å²) < 4.78 is 1.09. The number of nitrogens with zero attached hydrogens (tertiary/aromatic N) is 1. The molecule has 2 aromatic carbocycles. The molecule has 0 saturated carbocycles. The number of benzene rings is 2. The number of fused-ring (bicyclic) bond motifs is 1. The van der Waals surface area contributed by atoms with Crippen LogP contribution in [0.15, 0.2) is 46.9 Å². The topological polar surface area (TPSA) is 24.9 Å². The van der Waals surface area contributed by atoms with Gasteiger partial charge in [0.15, 0.2) is 0 Å². The van der Waals surface area contributed by atoms with Crippen LogP contribution in [-0.4, -0.2) is 12.0 Å². The zero-order valence-corrected chi connectivity index (χ0v) is 14.0. The molecule has 0 spiro atoms. The first-order chi connectivity index (χ1) is 10.1. The average molecular weight is 341 g/mol. The van der Waals surface area contributed by atoms with Crippen molar-refractivity contribution >= 4 is 32.5 Å². The van der Waals surface area contributed by atoms with Crippen LogP contribution < -0.4 is 5.32 Å². The summed E-state index contributed by atoms with van der Waals surface area (Å²) in [6.07, 6.45) is 0. The van der Waals surface area contributed by atoms with Crippen LogP contribution >= 0.6 is 15.9 Å². The van der Waals surface area contributed by atoms with Gasteiger partial charge in [-0.05, 0) is 37.1 Å². The van der Waals surface area contributed by atoms with E-state index < -0.39 is 0 Å². The molecule has 1 N–H and O–H groups in total. The molecule has 3 heteroatoms. The maximum atomic E-state index is 4.94. The SMILES string of the molecule is CNc1c(C)c(-c2ccccc2)nc2c(C)c(Br)ccc12. The third-order valence-electron chi connectivity index (χ3n) is 3.89. The van der Waals surface area contributed by atoms with E-state index in [0.717, 1.165) is 32.3 Å². The Labute approximate surface area is 133 Å². The number of aryl methyl sites for hydroxylation is 1. The van der Waals surface area contributed by atoms with Gasteiger partial charge in [-0.2, -0.15) is 0 Å². The van der Waals surface area contributed by atoms with E-state index in [0.29, 0.717) is 0 Å². The molecule has 0 radical (unpaired) electrons. The number of hydrogen-bond donors (Lipinski definition) is 1. The zero-order chi connectivity index (χ0) is 15.0. The summed E-state index contributed by atoms with van der Waals surface area (Å²) in [6.45, 7) is 4.22. The fraction of sp³-hybridized carbons (Fsp3) is 0.167. The van der Waals surface area contributed by atoms with Crippen LogP contribution in [0.2, 0.25) is 0 Å². The van der Waals surface area contributed by atoms with Gasteiger partial charge >= 0.3 is 0 Å². The van der Waals surface area contributed by atoms with Gasteiger partial charge in [0.05, 0.1) is 11.2 Å². The molecule has 0 unspecified atom stereocenters. The molecule has 1 aromatic heterocycles. The van der Waals surface area contributed by atoms with Gasteiger partial charge in [0.1, 0.15) is 0 Å².